The summed E-state index contributed by atoms with van der Waals surface area (Å²) in [6.45, 7) is -0.00530. The second-order valence-corrected chi connectivity index (χ2v) is 11.1. The summed E-state index contributed by atoms with van der Waals surface area (Å²) in [6, 6.07) is 17.3. The maximum atomic E-state index is 13.0. The highest BCUT2D eigenvalue weighted by atomic mass is 16.5. The van der Waals surface area contributed by atoms with E-state index in [-0.39, 0.29) is 48.6 Å². The van der Waals surface area contributed by atoms with Crippen LogP contribution in [0.2, 0.25) is 0 Å². The average molecular weight is 683 g/mol. The summed E-state index contributed by atoms with van der Waals surface area (Å²) < 4.78 is 12.6. The molecule has 50 heavy (non-hydrogen) atoms. The molecule has 0 spiro atoms. The summed E-state index contributed by atoms with van der Waals surface area (Å²) in [5, 5.41) is 40.8. The quantitative estimate of drug-likeness (QED) is 0.124. The SMILES string of the molecule is COC(=O)[C@H](Cc1ccc(O)cc1)n1cc(CNC(=O)c2cccc(C(=O)NCc3cn([C@@H](Cc4ccc(O)cc4)C(=O)OC)nn3)c2)nn1. The van der Waals surface area contributed by atoms with Crippen LogP contribution in [0.3, 0.4) is 0 Å². The smallest absolute Gasteiger partial charge is 0.331 e. The van der Waals surface area contributed by atoms with Crippen molar-refractivity contribution in [2.24, 2.45) is 0 Å². The zero-order valence-corrected chi connectivity index (χ0v) is 27.1. The van der Waals surface area contributed by atoms with Crippen molar-refractivity contribution in [3.8, 4) is 11.5 Å². The third-order valence-electron chi connectivity index (χ3n) is 7.68. The number of aromatic hydroxyl groups is 2. The largest absolute Gasteiger partial charge is 0.508 e. The van der Waals surface area contributed by atoms with Crippen LogP contribution in [0, 0.1) is 0 Å². The van der Waals surface area contributed by atoms with Gasteiger partial charge in [-0.1, -0.05) is 40.8 Å². The van der Waals surface area contributed by atoms with E-state index in [9.17, 15) is 29.4 Å². The number of carbonyl (C=O) groups is 4. The number of methoxy groups -OCH3 is 2. The number of phenols is 2. The number of ether oxygens (including phenoxy) is 2. The summed E-state index contributed by atoms with van der Waals surface area (Å²) >= 11 is 0. The van der Waals surface area contributed by atoms with E-state index in [1.165, 1.54) is 66.3 Å². The Kier molecular flexibility index (Phi) is 11.1. The lowest BCUT2D eigenvalue weighted by molar-refractivity contribution is -0.145. The predicted molar refractivity (Wildman–Crippen MR) is 175 cm³/mol. The second-order valence-electron chi connectivity index (χ2n) is 11.1. The number of amides is 2. The van der Waals surface area contributed by atoms with Gasteiger partial charge in [0.05, 0.1) is 39.7 Å². The van der Waals surface area contributed by atoms with Gasteiger partial charge in [-0.2, -0.15) is 0 Å². The van der Waals surface area contributed by atoms with E-state index < -0.39 is 35.8 Å². The highest BCUT2D eigenvalue weighted by Crippen LogP contribution is 2.20. The predicted octanol–water partition coefficient (Wildman–Crippen LogP) is 2.05. The van der Waals surface area contributed by atoms with Crippen LogP contribution in [0.5, 0.6) is 11.5 Å². The zero-order valence-electron chi connectivity index (χ0n) is 27.1. The van der Waals surface area contributed by atoms with Crippen LogP contribution in [0.25, 0.3) is 0 Å². The molecule has 0 bridgehead atoms. The molecule has 4 N–H and O–H groups in total. The molecule has 0 radical (unpaired) electrons. The van der Waals surface area contributed by atoms with E-state index in [4.69, 9.17) is 9.47 Å². The van der Waals surface area contributed by atoms with Gasteiger partial charge in [0.15, 0.2) is 12.1 Å². The van der Waals surface area contributed by atoms with E-state index in [1.54, 1.807) is 42.5 Å². The van der Waals surface area contributed by atoms with Crippen LogP contribution in [-0.4, -0.2) is 78.2 Å². The minimum atomic E-state index is -0.819. The normalized spacial score (nSPS) is 12.0. The molecule has 0 saturated heterocycles. The van der Waals surface area contributed by atoms with Crippen LogP contribution in [0.4, 0.5) is 0 Å². The highest BCUT2D eigenvalue weighted by molar-refractivity contribution is 5.99. The van der Waals surface area contributed by atoms with E-state index >= 15 is 0 Å². The molecule has 2 aromatic heterocycles. The number of phenolic OH excluding ortho intramolecular Hbond substituents is 2. The van der Waals surface area contributed by atoms with Gasteiger partial charge in [0, 0.05) is 24.0 Å². The van der Waals surface area contributed by atoms with Crippen molar-refractivity contribution in [3.63, 3.8) is 0 Å². The summed E-state index contributed by atoms with van der Waals surface area (Å²) in [7, 11) is 2.54. The summed E-state index contributed by atoms with van der Waals surface area (Å²) in [4.78, 5) is 50.9. The fraction of sp³-hybridized carbons (Fsp3) is 0.235. The van der Waals surface area contributed by atoms with Crippen molar-refractivity contribution < 1.29 is 38.9 Å². The van der Waals surface area contributed by atoms with Gasteiger partial charge >= 0.3 is 11.9 Å². The van der Waals surface area contributed by atoms with E-state index in [2.05, 4.69) is 31.3 Å². The molecule has 16 nitrogen and oxygen atoms in total. The molecule has 16 heteroatoms. The number of hydrogen-bond acceptors (Lipinski definition) is 12. The van der Waals surface area contributed by atoms with Gasteiger partial charge in [0.25, 0.3) is 11.8 Å². The highest BCUT2D eigenvalue weighted by Gasteiger charge is 2.25. The molecule has 3 aromatic carbocycles. The first kappa shape index (κ1) is 34.7. The van der Waals surface area contributed by atoms with Gasteiger partial charge in [0.2, 0.25) is 0 Å². The van der Waals surface area contributed by atoms with E-state index in [1.807, 2.05) is 0 Å². The van der Waals surface area contributed by atoms with Gasteiger partial charge in [-0.15, -0.1) is 10.2 Å². The number of carbonyl (C=O) groups excluding carboxylic acids is 4. The number of rotatable bonds is 14. The van der Waals surface area contributed by atoms with Gasteiger partial charge < -0.3 is 30.3 Å². The van der Waals surface area contributed by atoms with Gasteiger partial charge in [-0.25, -0.2) is 19.0 Å². The fourth-order valence-electron chi connectivity index (χ4n) is 4.99. The minimum absolute atomic E-state index is 0.00265. The Labute approximate surface area is 285 Å². The number of benzene rings is 3. The Balaban J connectivity index is 1.16. The molecule has 5 rings (SSSR count). The molecule has 0 fully saturated rings. The molecule has 2 atom stereocenters. The summed E-state index contributed by atoms with van der Waals surface area (Å²) in [5.74, 6) is -1.79. The van der Waals surface area contributed by atoms with E-state index in [0.717, 1.165) is 11.1 Å². The van der Waals surface area contributed by atoms with Crippen LogP contribution in [0.1, 0.15) is 55.3 Å². The molecule has 0 aliphatic rings. The topological polar surface area (TPSA) is 213 Å². The first-order valence-corrected chi connectivity index (χ1v) is 15.3. The number of hydrogen-bond donors (Lipinski definition) is 4. The molecule has 0 aliphatic carbocycles. The van der Waals surface area contributed by atoms with Gasteiger partial charge in [0.1, 0.15) is 22.9 Å². The third kappa shape index (κ3) is 8.85. The molecule has 2 heterocycles. The van der Waals surface area contributed by atoms with Gasteiger partial charge in [-0.05, 0) is 53.6 Å². The zero-order chi connectivity index (χ0) is 35.6. The Morgan fingerprint density at radius 3 is 1.44 bits per heavy atom. The van der Waals surface area contributed by atoms with Crippen LogP contribution in [0.15, 0.2) is 85.2 Å². The first-order chi connectivity index (χ1) is 24.1. The minimum Gasteiger partial charge on any atom is -0.508 e. The lowest BCUT2D eigenvalue weighted by atomic mass is 10.1. The number of aromatic nitrogens is 6. The average Bonchev–Trinajstić information content (AvgIpc) is 3.82. The van der Waals surface area contributed by atoms with Crippen LogP contribution in [-0.2, 0) is 45.0 Å². The van der Waals surface area contributed by atoms with Crippen molar-refractivity contribution in [1.82, 2.24) is 40.6 Å². The second kappa shape index (κ2) is 16.0. The molecular formula is C34H34N8O8. The van der Waals surface area contributed by atoms with Crippen molar-refractivity contribution in [2.75, 3.05) is 14.2 Å². The van der Waals surface area contributed by atoms with Crippen molar-refractivity contribution >= 4 is 23.8 Å². The Bertz CT molecular complexity index is 1820. The Morgan fingerprint density at radius 2 is 1.06 bits per heavy atom. The lowest BCUT2D eigenvalue weighted by Crippen LogP contribution is -2.26. The summed E-state index contributed by atoms with van der Waals surface area (Å²) in [6.07, 6.45) is 3.54. The lowest BCUT2D eigenvalue weighted by Gasteiger charge is -2.14. The number of esters is 2. The molecule has 0 aliphatic heterocycles. The van der Waals surface area contributed by atoms with Crippen LogP contribution < -0.4 is 10.6 Å². The maximum Gasteiger partial charge on any atom is 0.331 e. The monoisotopic (exact) mass is 682 g/mol. The Morgan fingerprint density at radius 1 is 0.660 bits per heavy atom. The molecule has 5 aromatic rings. The van der Waals surface area contributed by atoms with Crippen LogP contribution >= 0.6 is 0 Å². The molecule has 0 unspecified atom stereocenters. The number of nitrogens with zero attached hydrogens (tertiary/aromatic N) is 6. The maximum absolute atomic E-state index is 13.0. The van der Waals surface area contributed by atoms with Crippen molar-refractivity contribution in [3.05, 3.63) is 119 Å². The molecule has 0 saturated carbocycles. The number of nitrogens with one attached hydrogen (secondary N) is 2. The molecule has 258 valence electrons. The van der Waals surface area contributed by atoms with Gasteiger partial charge in [-0.3, -0.25) is 9.59 Å². The fourth-order valence-corrected chi connectivity index (χ4v) is 4.99. The van der Waals surface area contributed by atoms with E-state index in [0.29, 0.717) is 11.4 Å². The third-order valence-corrected chi connectivity index (χ3v) is 7.68. The molecular weight excluding hydrogens is 648 g/mol. The standard InChI is InChI=1S/C34H34N8O8/c1-49-33(47)29(14-21-6-10-27(43)11-7-21)41-19-25(37-39-41)17-35-31(45)23-4-3-5-24(16-23)32(46)36-18-26-20-42(40-38-26)30(34(48)50-2)15-22-8-12-28(44)13-9-22/h3-13,16,19-20,29-30,43-44H,14-15,17-18H2,1-2H3,(H,35,45)(H,36,46)/t29-,30-/m0/s1. The molecule has 2 amide bonds. The Hall–Kier alpha value is -6.58. The summed E-state index contributed by atoms with van der Waals surface area (Å²) in [5.41, 5.74) is 2.77. The first-order valence-electron chi connectivity index (χ1n) is 15.3. The van der Waals surface area contributed by atoms with Crippen molar-refractivity contribution in [2.45, 2.75) is 38.0 Å². The van der Waals surface area contributed by atoms with Crippen molar-refractivity contribution in [1.29, 1.82) is 0 Å².